The van der Waals surface area contributed by atoms with E-state index in [2.05, 4.69) is 26.4 Å². The summed E-state index contributed by atoms with van der Waals surface area (Å²) in [6.07, 6.45) is 0. The van der Waals surface area contributed by atoms with Crippen LogP contribution in [0.2, 0.25) is 0 Å². The van der Waals surface area contributed by atoms with Gasteiger partial charge in [0.05, 0.1) is 15.1 Å². The Morgan fingerprint density at radius 1 is 1.40 bits per heavy atom. The Labute approximate surface area is 124 Å². The van der Waals surface area contributed by atoms with Gasteiger partial charge in [-0.1, -0.05) is 11.2 Å². The van der Waals surface area contributed by atoms with Crippen LogP contribution in [0.5, 0.6) is 0 Å². The van der Waals surface area contributed by atoms with Crippen LogP contribution in [0.1, 0.15) is 22.6 Å². The molecular formula is C13H14BrN3O3. The van der Waals surface area contributed by atoms with E-state index in [0.29, 0.717) is 17.6 Å². The largest absolute Gasteiger partial charge is 0.361 e. The molecule has 1 aromatic heterocycles. The number of benzene rings is 1. The van der Waals surface area contributed by atoms with E-state index in [1.165, 1.54) is 0 Å². The average molecular weight is 340 g/mol. The molecule has 2 aromatic rings. The van der Waals surface area contributed by atoms with Crippen LogP contribution >= 0.6 is 15.9 Å². The lowest BCUT2D eigenvalue weighted by molar-refractivity contribution is -0.385. The summed E-state index contributed by atoms with van der Waals surface area (Å²) in [5.74, 6) is 0.789. The summed E-state index contributed by atoms with van der Waals surface area (Å²) in [6.45, 7) is 4.91. The van der Waals surface area contributed by atoms with E-state index in [0.717, 1.165) is 22.6 Å². The van der Waals surface area contributed by atoms with Crippen molar-refractivity contribution in [2.24, 2.45) is 0 Å². The highest BCUT2D eigenvalue weighted by Crippen LogP contribution is 2.25. The van der Waals surface area contributed by atoms with Crippen molar-refractivity contribution in [1.82, 2.24) is 10.5 Å². The van der Waals surface area contributed by atoms with Crippen LogP contribution in [0, 0.1) is 24.0 Å². The lowest BCUT2D eigenvalue weighted by atomic mass is 10.2. The minimum atomic E-state index is -0.401. The first-order valence-electron chi connectivity index (χ1n) is 6.04. The van der Waals surface area contributed by atoms with Crippen LogP contribution in [0.4, 0.5) is 5.69 Å². The fourth-order valence-electron chi connectivity index (χ4n) is 1.89. The first-order chi connectivity index (χ1) is 9.49. The molecule has 0 atom stereocenters. The van der Waals surface area contributed by atoms with E-state index < -0.39 is 4.92 Å². The van der Waals surface area contributed by atoms with E-state index in [9.17, 15) is 10.1 Å². The van der Waals surface area contributed by atoms with Crippen LogP contribution in [0.15, 0.2) is 27.2 Å². The van der Waals surface area contributed by atoms with Gasteiger partial charge in [-0.3, -0.25) is 10.1 Å². The molecule has 0 aliphatic carbocycles. The lowest BCUT2D eigenvalue weighted by Crippen LogP contribution is -2.13. The highest BCUT2D eigenvalue weighted by Gasteiger charge is 2.12. The molecule has 1 aromatic carbocycles. The summed E-state index contributed by atoms with van der Waals surface area (Å²) >= 11 is 3.17. The summed E-state index contributed by atoms with van der Waals surface area (Å²) in [7, 11) is 0. The van der Waals surface area contributed by atoms with E-state index >= 15 is 0 Å². The summed E-state index contributed by atoms with van der Waals surface area (Å²) in [6, 6.07) is 5.09. The normalized spacial score (nSPS) is 10.8. The Balaban J connectivity index is 2.01. The molecule has 0 spiro atoms. The molecule has 106 valence electrons. The average Bonchev–Trinajstić information content (AvgIpc) is 2.72. The molecule has 0 unspecified atom stereocenters. The monoisotopic (exact) mass is 339 g/mol. The Hall–Kier alpha value is -1.73. The number of aromatic nitrogens is 1. The summed E-state index contributed by atoms with van der Waals surface area (Å²) in [4.78, 5) is 10.5. The van der Waals surface area contributed by atoms with Crippen molar-refractivity contribution in [3.8, 4) is 0 Å². The Morgan fingerprint density at radius 2 is 2.15 bits per heavy atom. The quantitative estimate of drug-likeness (QED) is 0.667. The Kier molecular flexibility index (Phi) is 4.51. The zero-order valence-electron chi connectivity index (χ0n) is 11.1. The van der Waals surface area contributed by atoms with Crippen molar-refractivity contribution in [3.05, 3.63) is 55.4 Å². The number of nitro groups is 1. The van der Waals surface area contributed by atoms with Gasteiger partial charge in [0.1, 0.15) is 5.76 Å². The minimum Gasteiger partial charge on any atom is -0.361 e. The van der Waals surface area contributed by atoms with Gasteiger partial charge in [0.2, 0.25) is 0 Å². The third-order valence-electron chi connectivity index (χ3n) is 3.02. The lowest BCUT2D eigenvalue weighted by Gasteiger charge is -2.05. The maximum absolute atomic E-state index is 10.9. The highest BCUT2D eigenvalue weighted by molar-refractivity contribution is 9.10. The second-order valence-electron chi connectivity index (χ2n) is 4.45. The van der Waals surface area contributed by atoms with Crippen molar-refractivity contribution in [1.29, 1.82) is 0 Å². The summed E-state index contributed by atoms with van der Waals surface area (Å²) < 4.78 is 5.56. The van der Waals surface area contributed by atoms with E-state index in [1.54, 1.807) is 12.1 Å². The van der Waals surface area contributed by atoms with Crippen LogP contribution in [-0.4, -0.2) is 10.1 Å². The number of halogens is 1. The van der Waals surface area contributed by atoms with Gasteiger partial charge >= 0.3 is 0 Å². The molecule has 0 saturated heterocycles. The predicted octanol–water partition coefficient (Wildman–Crippen LogP) is 3.25. The molecule has 0 aliphatic heterocycles. The molecule has 1 N–H and O–H groups in total. The van der Waals surface area contributed by atoms with Gasteiger partial charge in [0.15, 0.2) is 0 Å². The predicted molar refractivity (Wildman–Crippen MR) is 77.3 cm³/mol. The maximum Gasteiger partial charge on any atom is 0.283 e. The number of nitrogens with one attached hydrogen (secondary N) is 1. The number of hydrogen-bond donors (Lipinski definition) is 1. The SMILES string of the molecule is Cc1noc(C)c1CNCc1ccc(Br)c([N+](=O)[O-])c1. The fourth-order valence-corrected chi connectivity index (χ4v) is 2.29. The molecule has 0 saturated carbocycles. The summed E-state index contributed by atoms with van der Waals surface area (Å²) in [5, 5.41) is 18.0. The minimum absolute atomic E-state index is 0.0710. The topological polar surface area (TPSA) is 81.2 Å². The number of hydrogen-bond acceptors (Lipinski definition) is 5. The molecular weight excluding hydrogens is 326 g/mol. The molecule has 7 heteroatoms. The molecule has 2 rings (SSSR count). The van der Waals surface area contributed by atoms with Gasteiger partial charge in [-0.15, -0.1) is 0 Å². The van der Waals surface area contributed by atoms with Crippen molar-refractivity contribution < 1.29 is 9.45 Å². The van der Waals surface area contributed by atoms with Gasteiger partial charge in [0, 0.05) is 24.7 Å². The third-order valence-corrected chi connectivity index (χ3v) is 3.69. The van der Waals surface area contributed by atoms with Gasteiger partial charge in [-0.05, 0) is 41.4 Å². The third kappa shape index (κ3) is 3.23. The number of nitro benzene ring substituents is 1. The van der Waals surface area contributed by atoms with Gasteiger partial charge in [-0.25, -0.2) is 0 Å². The van der Waals surface area contributed by atoms with Crippen molar-refractivity contribution in [2.45, 2.75) is 26.9 Å². The fraction of sp³-hybridized carbons (Fsp3) is 0.308. The van der Waals surface area contributed by atoms with Crippen molar-refractivity contribution in [3.63, 3.8) is 0 Å². The van der Waals surface area contributed by atoms with Crippen molar-refractivity contribution in [2.75, 3.05) is 0 Å². The summed E-state index contributed by atoms with van der Waals surface area (Å²) in [5.41, 5.74) is 2.81. The molecule has 0 amide bonds. The van der Waals surface area contributed by atoms with Gasteiger partial charge in [0.25, 0.3) is 5.69 Å². The first-order valence-corrected chi connectivity index (χ1v) is 6.83. The van der Waals surface area contributed by atoms with Crippen molar-refractivity contribution >= 4 is 21.6 Å². The zero-order chi connectivity index (χ0) is 14.7. The van der Waals surface area contributed by atoms with Gasteiger partial charge < -0.3 is 9.84 Å². The molecule has 0 fully saturated rings. The van der Waals surface area contributed by atoms with Crippen LogP contribution in [0.25, 0.3) is 0 Å². The molecule has 0 radical (unpaired) electrons. The molecule has 6 nitrogen and oxygen atoms in total. The Bertz CT molecular complexity index is 620. The molecule has 0 aliphatic rings. The number of nitrogens with zero attached hydrogens (tertiary/aromatic N) is 2. The second-order valence-corrected chi connectivity index (χ2v) is 5.30. The maximum atomic E-state index is 10.9. The number of rotatable bonds is 5. The van der Waals surface area contributed by atoms with E-state index in [1.807, 2.05) is 19.9 Å². The molecule has 1 heterocycles. The van der Waals surface area contributed by atoms with Crippen LogP contribution < -0.4 is 5.32 Å². The molecule has 20 heavy (non-hydrogen) atoms. The zero-order valence-corrected chi connectivity index (χ0v) is 12.7. The Morgan fingerprint density at radius 3 is 2.75 bits per heavy atom. The van der Waals surface area contributed by atoms with E-state index in [4.69, 9.17) is 4.52 Å². The molecule has 0 bridgehead atoms. The highest BCUT2D eigenvalue weighted by atomic mass is 79.9. The van der Waals surface area contributed by atoms with Crippen LogP contribution in [0.3, 0.4) is 0 Å². The van der Waals surface area contributed by atoms with Gasteiger partial charge in [-0.2, -0.15) is 0 Å². The second kappa shape index (κ2) is 6.15. The van der Waals surface area contributed by atoms with Crippen LogP contribution in [-0.2, 0) is 13.1 Å². The number of aryl methyl sites for hydroxylation is 2. The van der Waals surface area contributed by atoms with E-state index in [-0.39, 0.29) is 5.69 Å². The first kappa shape index (κ1) is 14.7. The smallest absolute Gasteiger partial charge is 0.283 e. The standard InChI is InChI=1S/C13H14BrN3O3/c1-8-11(9(2)20-16-8)7-15-6-10-3-4-12(14)13(5-10)17(18)19/h3-5,15H,6-7H2,1-2H3.